The van der Waals surface area contributed by atoms with Crippen LogP contribution in [0.25, 0.3) is 0 Å². The Labute approximate surface area is 208 Å². The molecule has 3 aromatic rings. The summed E-state index contributed by atoms with van der Waals surface area (Å²) in [6, 6.07) is 10.9. The first kappa shape index (κ1) is 24.6. The number of anilines is 1. The lowest BCUT2D eigenvalue weighted by Gasteiger charge is -2.25. The largest absolute Gasteiger partial charge is 0.497 e. The van der Waals surface area contributed by atoms with Crippen molar-refractivity contribution in [1.82, 2.24) is 25.4 Å². The van der Waals surface area contributed by atoms with E-state index in [-0.39, 0.29) is 12.3 Å². The van der Waals surface area contributed by atoms with Crippen molar-refractivity contribution >= 4 is 29.4 Å². The number of methoxy groups -OCH3 is 1. The molecule has 1 aromatic carbocycles. The Bertz CT molecular complexity index is 1110. The zero-order valence-corrected chi connectivity index (χ0v) is 20.5. The van der Waals surface area contributed by atoms with E-state index in [0.29, 0.717) is 23.5 Å². The molecular formula is C24H30N6O4S. The van der Waals surface area contributed by atoms with Crippen molar-refractivity contribution in [3.8, 4) is 5.75 Å². The third-order valence-electron chi connectivity index (χ3n) is 5.78. The number of furan rings is 1. The Morgan fingerprint density at radius 1 is 1.14 bits per heavy atom. The van der Waals surface area contributed by atoms with Crippen LogP contribution in [0, 0.1) is 0 Å². The maximum atomic E-state index is 12.4. The van der Waals surface area contributed by atoms with E-state index in [1.807, 2.05) is 24.3 Å². The molecule has 0 aliphatic heterocycles. The Kier molecular flexibility index (Phi) is 8.66. The van der Waals surface area contributed by atoms with E-state index in [1.165, 1.54) is 24.4 Å². The molecule has 2 aromatic heterocycles. The maximum absolute atomic E-state index is 12.4. The zero-order chi connectivity index (χ0) is 24.5. The number of hydrogen-bond donors (Lipinski definition) is 3. The van der Waals surface area contributed by atoms with Gasteiger partial charge in [-0.1, -0.05) is 37.1 Å². The summed E-state index contributed by atoms with van der Waals surface area (Å²) < 4.78 is 12.6. The van der Waals surface area contributed by atoms with Gasteiger partial charge in [0.2, 0.25) is 5.91 Å². The van der Waals surface area contributed by atoms with Crippen molar-refractivity contribution < 1.29 is 18.7 Å². The summed E-state index contributed by atoms with van der Waals surface area (Å²) in [6.45, 7) is 0.706. The van der Waals surface area contributed by atoms with Crippen molar-refractivity contribution in [2.24, 2.45) is 0 Å². The number of ether oxygens (including phenoxy) is 1. The second-order valence-corrected chi connectivity index (χ2v) is 9.19. The number of amides is 3. The van der Waals surface area contributed by atoms with Gasteiger partial charge in [-0.25, -0.2) is 4.79 Å². The molecule has 11 heteroatoms. The Hall–Kier alpha value is -3.47. The van der Waals surface area contributed by atoms with Crippen molar-refractivity contribution in [3.05, 3.63) is 54.2 Å². The Morgan fingerprint density at radius 3 is 2.77 bits per heavy atom. The number of aromatic nitrogens is 3. The number of carbonyl (C=O) groups excluding carboxylic acids is 2. The van der Waals surface area contributed by atoms with Gasteiger partial charge in [-0.05, 0) is 37.1 Å². The van der Waals surface area contributed by atoms with Crippen LogP contribution in [0.2, 0.25) is 0 Å². The monoisotopic (exact) mass is 498 g/mol. The summed E-state index contributed by atoms with van der Waals surface area (Å²) in [4.78, 5) is 24.4. The first-order valence-electron chi connectivity index (χ1n) is 11.7. The lowest BCUT2D eigenvalue weighted by atomic mass is 9.95. The number of hydrogen-bond acceptors (Lipinski definition) is 8. The predicted octanol–water partition coefficient (Wildman–Crippen LogP) is 4.12. The molecule has 0 bridgehead atoms. The van der Waals surface area contributed by atoms with Crippen LogP contribution >= 0.6 is 11.8 Å². The first-order chi connectivity index (χ1) is 17.1. The summed E-state index contributed by atoms with van der Waals surface area (Å²) in [5, 5.41) is 17.8. The topological polar surface area (TPSA) is 123 Å². The zero-order valence-electron chi connectivity index (χ0n) is 19.7. The highest BCUT2D eigenvalue weighted by Crippen LogP contribution is 2.33. The van der Waals surface area contributed by atoms with Gasteiger partial charge in [-0.2, -0.15) is 0 Å². The SMILES string of the molecule is COc1cccc(NCc2nnc(SCC(=O)NC(=O)NCc3ccco3)n2C2CCCCC2)c1. The number of carbonyl (C=O) groups is 2. The minimum atomic E-state index is -0.566. The predicted molar refractivity (Wildman–Crippen MR) is 132 cm³/mol. The molecule has 4 rings (SSSR count). The molecule has 1 aliphatic rings. The van der Waals surface area contributed by atoms with Gasteiger partial charge in [-0.15, -0.1) is 10.2 Å². The van der Waals surface area contributed by atoms with Gasteiger partial charge in [-0.3, -0.25) is 10.1 Å². The van der Waals surface area contributed by atoms with Crippen molar-refractivity contribution in [2.45, 2.75) is 56.4 Å². The van der Waals surface area contributed by atoms with Crippen LogP contribution in [0.1, 0.15) is 49.7 Å². The number of nitrogens with zero attached hydrogens (tertiary/aromatic N) is 3. The molecule has 0 unspecified atom stereocenters. The fourth-order valence-corrected chi connectivity index (χ4v) is 4.89. The van der Waals surface area contributed by atoms with Gasteiger partial charge >= 0.3 is 6.03 Å². The van der Waals surface area contributed by atoms with Gasteiger partial charge in [0.25, 0.3) is 0 Å². The number of urea groups is 1. The standard InChI is InChI=1S/C24H30N6O4S/c1-33-19-10-5-7-17(13-19)25-15-21-28-29-24(30(21)18-8-3-2-4-9-18)35-16-22(31)27-23(32)26-14-20-11-6-12-34-20/h5-7,10-13,18,25H,2-4,8-9,14-16H2,1H3,(H2,26,27,31,32). The number of imide groups is 1. The highest BCUT2D eigenvalue weighted by Gasteiger charge is 2.23. The molecule has 1 saturated carbocycles. The highest BCUT2D eigenvalue weighted by atomic mass is 32.2. The average molecular weight is 499 g/mol. The van der Waals surface area contributed by atoms with Gasteiger partial charge in [0.05, 0.1) is 32.2 Å². The van der Waals surface area contributed by atoms with Crippen LogP contribution in [0.4, 0.5) is 10.5 Å². The lowest BCUT2D eigenvalue weighted by Crippen LogP contribution is -2.39. The molecule has 35 heavy (non-hydrogen) atoms. The normalized spacial score (nSPS) is 13.9. The minimum absolute atomic E-state index is 0.0579. The van der Waals surface area contributed by atoms with Gasteiger partial charge < -0.3 is 24.4 Å². The molecule has 0 spiro atoms. The molecule has 1 aliphatic carbocycles. The molecular weight excluding hydrogens is 468 g/mol. The molecule has 0 saturated heterocycles. The number of rotatable bonds is 10. The second-order valence-electron chi connectivity index (χ2n) is 8.25. The molecule has 2 heterocycles. The van der Waals surface area contributed by atoms with Crippen molar-refractivity contribution in [3.63, 3.8) is 0 Å². The molecule has 10 nitrogen and oxygen atoms in total. The third kappa shape index (κ3) is 7.01. The maximum Gasteiger partial charge on any atom is 0.321 e. The Balaban J connectivity index is 1.36. The highest BCUT2D eigenvalue weighted by molar-refractivity contribution is 7.99. The number of nitrogens with one attached hydrogen (secondary N) is 3. The average Bonchev–Trinajstić information content (AvgIpc) is 3.55. The summed E-state index contributed by atoms with van der Waals surface area (Å²) in [6.07, 6.45) is 7.18. The second kappa shape index (κ2) is 12.3. The molecule has 3 N–H and O–H groups in total. The smallest absolute Gasteiger partial charge is 0.321 e. The van der Waals surface area contributed by atoms with Crippen molar-refractivity contribution in [1.29, 1.82) is 0 Å². The van der Waals surface area contributed by atoms with Crippen LogP contribution in [0.15, 0.2) is 52.2 Å². The Morgan fingerprint density at radius 2 is 2.00 bits per heavy atom. The van der Waals surface area contributed by atoms with Crippen LogP contribution in [-0.4, -0.2) is 39.6 Å². The van der Waals surface area contributed by atoms with Gasteiger partial charge in [0.15, 0.2) is 11.0 Å². The van der Waals surface area contributed by atoms with Crippen molar-refractivity contribution in [2.75, 3.05) is 18.2 Å². The van der Waals surface area contributed by atoms with E-state index in [9.17, 15) is 9.59 Å². The van der Waals surface area contributed by atoms with Crippen LogP contribution in [0.5, 0.6) is 5.75 Å². The minimum Gasteiger partial charge on any atom is -0.497 e. The molecule has 1 fully saturated rings. The van der Waals surface area contributed by atoms with Gasteiger partial charge in [0.1, 0.15) is 11.5 Å². The summed E-state index contributed by atoms with van der Waals surface area (Å²) in [5.74, 6) is 1.86. The fraction of sp³-hybridized carbons (Fsp3) is 0.417. The molecule has 3 amide bonds. The molecule has 0 radical (unpaired) electrons. The van der Waals surface area contributed by atoms with E-state index in [1.54, 1.807) is 19.2 Å². The summed E-state index contributed by atoms with van der Waals surface area (Å²) in [5.41, 5.74) is 0.927. The third-order valence-corrected chi connectivity index (χ3v) is 6.73. The van der Waals surface area contributed by atoms with Crippen LogP contribution < -0.4 is 20.7 Å². The number of benzene rings is 1. The van der Waals surface area contributed by atoms with Gasteiger partial charge in [0, 0.05) is 17.8 Å². The fourth-order valence-electron chi connectivity index (χ4n) is 4.06. The van der Waals surface area contributed by atoms with Crippen LogP contribution in [0.3, 0.4) is 0 Å². The first-order valence-corrected chi connectivity index (χ1v) is 12.7. The summed E-state index contributed by atoms with van der Waals surface area (Å²) >= 11 is 1.29. The molecule has 0 atom stereocenters. The van der Waals surface area contributed by atoms with Crippen LogP contribution in [-0.2, 0) is 17.9 Å². The van der Waals surface area contributed by atoms with E-state index in [0.717, 1.165) is 42.9 Å². The summed E-state index contributed by atoms with van der Waals surface area (Å²) in [7, 11) is 1.64. The quantitative estimate of drug-likeness (QED) is 0.357. The number of thioether (sulfide) groups is 1. The van der Waals surface area contributed by atoms with E-state index >= 15 is 0 Å². The van der Waals surface area contributed by atoms with E-state index < -0.39 is 11.9 Å². The lowest BCUT2D eigenvalue weighted by molar-refractivity contribution is -0.117. The van der Waals surface area contributed by atoms with E-state index in [2.05, 4.69) is 30.7 Å². The van der Waals surface area contributed by atoms with E-state index in [4.69, 9.17) is 9.15 Å². The molecule has 186 valence electrons.